The van der Waals surface area contributed by atoms with E-state index in [4.69, 9.17) is 5.11 Å². The zero-order valence-corrected chi connectivity index (χ0v) is 9.16. The van der Waals surface area contributed by atoms with Gasteiger partial charge in [-0.2, -0.15) is 0 Å². The zero-order valence-electron chi connectivity index (χ0n) is 8.34. The van der Waals surface area contributed by atoms with Gasteiger partial charge in [0.15, 0.2) is 5.65 Å². The van der Waals surface area contributed by atoms with Gasteiger partial charge in [-0.1, -0.05) is 6.92 Å². The van der Waals surface area contributed by atoms with Crippen LogP contribution in [0, 0.1) is 0 Å². The molecule has 2 rings (SSSR count). The number of thioether (sulfide) groups is 1. The number of H-pyrrole nitrogens is 1. The Hall–Kier alpha value is -1.14. The lowest BCUT2D eigenvalue weighted by Crippen LogP contribution is -2.00. The predicted octanol–water partition coefficient (Wildman–Crippen LogP) is 1.22. The molecular weight excluding hydrogens is 212 g/mol. The van der Waals surface area contributed by atoms with E-state index >= 15 is 0 Å². The number of fused-ring (bicyclic) bond motifs is 1. The maximum atomic E-state index is 8.82. The van der Waals surface area contributed by atoms with Gasteiger partial charge < -0.3 is 10.1 Å². The van der Waals surface area contributed by atoms with Gasteiger partial charge in [0.1, 0.15) is 16.9 Å². The number of imidazole rings is 1. The van der Waals surface area contributed by atoms with Crippen LogP contribution in [0.4, 0.5) is 0 Å². The number of aliphatic hydroxyl groups is 1. The molecule has 0 aromatic carbocycles. The highest BCUT2D eigenvalue weighted by Crippen LogP contribution is 2.27. The first-order valence-electron chi connectivity index (χ1n) is 4.73. The number of aromatic amines is 1. The average molecular weight is 224 g/mol. The molecule has 1 unspecified atom stereocenters. The van der Waals surface area contributed by atoms with Crippen molar-refractivity contribution in [3.8, 4) is 0 Å². The number of aliphatic hydroxyl groups excluding tert-OH is 1. The molecule has 0 bridgehead atoms. The van der Waals surface area contributed by atoms with E-state index in [1.165, 1.54) is 6.33 Å². The van der Waals surface area contributed by atoms with E-state index in [0.29, 0.717) is 10.9 Å². The maximum Gasteiger partial charge on any atom is 0.181 e. The Morgan fingerprint density at radius 2 is 2.33 bits per heavy atom. The number of rotatable bonds is 4. The van der Waals surface area contributed by atoms with Gasteiger partial charge in [0.05, 0.1) is 6.33 Å². The third kappa shape index (κ3) is 2.27. The Morgan fingerprint density at radius 3 is 3.13 bits per heavy atom. The van der Waals surface area contributed by atoms with E-state index in [1.54, 1.807) is 18.1 Å². The Balaban J connectivity index is 2.23. The van der Waals surface area contributed by atoms with Crippen LogP contribution in [-0.2, 0) is 0 Å². The molecule has 80 valence electrons. The molecule has 0 radical (unpaired) electrons. The number of nitrogens with one attached hydrogen (secondary N) is 1. The maximum absolute atomic E-state index is 8.82. The molecule has 0 spiro atoms. The minimum Gasteiger partial charge on any atom is -0.396 e. The minimum absolute atomic E-state index is 0.200. The van der Waals surface area contributed by atoms with Gasteiger partial charge in [0.2, 0.25) is 0 Å². The molecule has 0 amide bonds. The molecule has 0 aliphatic carbocycles. The van der Waals surface area contributed by atoms with E-state index in [0.717, 1.165) is 17.0 Å². The molecule has 0 aliphatic heterocycles. The fourth-order valence-corrected chi connectivity index (χ4v) is 2.24. The van der Waals surface area contributed by atoms with Crippen molar-refractivity contribution in [1.29, 1.82) is 0 Å². The number of hydrogen-bond donors (Lipinski definition) is 2. The minimum atomic E-state index is 0.200. The SMILES string of the molecule is CC(CCO)Sc1ncnc2nc[nH]c12. The summed E-state index contributed by atoms with van der Waals surface area (Å²) in [6, 6.07) is 0. The van der Waals surface area contributed by atoms with Crippen LogP contribution in [0.2, 0.25) is 0 Å². The summed E-state index contributed by atoms with van der Waals surface area (Å²) in [5, 5.41) is 10.0. The van der Waals surface area contributed by atoms with E-state index in [1.807, 2.05) is 0 Å². The standard InChI is InChI=1S/C9H12N4OS/c1-6(2-3-14)15-9-7-8(11-4-10-7)12-5-13-9/h4-6,14H,2-3H2,1H3,(H,10,11,12,13). The van der Waals surface area contributed by atoms with Crippen molar-refractivity contribution in [3.05, 3.63) is 12.7 Å². The predicted molar refractivity (Wildman–Crippen MR) is 58.7 cm³/mol. The Morgan fingerprint density at radius 1 is 1.47 bits per heavy atom. The third-order valence-corrected chi connectivity index (χ3v) is 3.21. The van der Waals surface area contributed by atoms with Crippen LogP contribution >= 0.6 is 11.8 Å². The van der Waals surface area contributed by atoms with Gasteiger partial charge >= 0.3 is 0 Å². The molecule has 15 heavy (non-hydrogen) atoms. The lowest BCUT2D eigenvalue weighted by atomic mass is 10.3. The number of aromatic nitrogens is 4. The monoisotopic (exact) mass is 224 g/mol. The molecule has 2 aromatic rings. The number of nitrogens with zero attached hydrogens (tertiary/aromatic N) is 3. The second-order valence-corrected chi connectivity index (χ2v) is 4.65. The van der Waals surface area contributed by atoms with Crippen LogP contribution in [-0.4, -0.2) is 36.9 Å². The Bertz CT molecular complexity index is 444. The topological polar surface area (TPSA) is 74.7 Å². The van der Waals surface area contributed by atoms with Crippen molar-refractivity contribution in [3.63, 3.8) is 0 Å². The fourth-order valence-electron chi connectivity index (χ4n) is 1.26. The highest BCUT2D eigenvalue weighted by Gasteiger charge is 2.10. The summed E-state index contributed by atoms with van der Waals surface area (Å²) in [5.74, 6) is 0. The Kier molecular flexibility index (Phi) is 3.17. The summed E-state index contributed by atoms with van der Waals surface area (Å²) >= 11 is 1.62. The van der Waals surface area contributed by atoms with E-state index in [2.05, 4.69) is 26.9 Å². The van der Waals surface area contributed by atoms with Gasteiger partial charge in [-0.25, -0.2) is 15.0 Å². The molecule has 2 N–H and O–H groups in total. The summed E-state index contributed by atoms with van der Waals surface area (Å²) in [7, 11) is 0. The zero-order chi connectivity index (χ0) is 10.7. The molecular formula is C9H12N4OS. The Labute approximate surface area is 91.4 Å². The molecule has 2 heterocycles. The van der Waals surface area contributed by atoms with Crippen LogP contribution in [0.3, 0.4) is 0 Å². The molecule has 5 nitrogen and oxygen atoms in total. The molecule has 2 aromatic heterocycles. The van der Waals surface area contributed by atoms with E-state index in [-0.39, 0.29) is 6.61 Å². The third-order valence-electron chi connectivity index (χ3n) is 2.04. The lowest BCUT2D eigenvalue weighted by molar-refractivity contribution is 0.289. The smallest absolute Gasteiger partial charge is 0.181 e. The van der Waals surface area contributed by atoms with Crippen LogP contribution in [0.25, 0.3) is 11.2 Å². The van der Waals surface area contributed by atoms with Crippen molar-refractivity contribution >= 4 is 22.9 Å². The molecule has 6 heteroatoms. The van der Waals surface area contributed by atoms with Crippen molar-refractivity contribution in [2.24, 2.45) is 0 Å². The molecule has 0 saturated carbocycles. The fraction of sp³-hybridized carbons (Fsp3) is 0.444. The second kappa shape index (κ2) is 4.59. The summed E-state index contributed by atoms with van der Waals surface area (Å²) in [6.07, 6.45) is 3.88. The van der Waals surface area contributed by atoms with E-state index in [9.17, 15) is 0 Å². The van der Waals surface area contributed by atoms with Crippen LogP contribution < -0.4 is 0 Å². The first-order valence-corrected chi connectivity index (χ1v) is 5.61. The number of hydrogen-bond acceptors (Lipinski definition) is 5. The van der Waals surface area contributed by atoms with Crippen molar-refractivity contribution < 1.29 is 5.11 Å². The summed E-state index contributed by atoms with van der Waals surface area (Å²) in [6.45, 7) is 2.26. The first-order chi connectivity index (χ1) is 7.31. The van der Waals surface area contributed by atoms with Crippen molar-refractivity contribution in [2.75, 3.05) is 6.61 Å². The van der Waals surface area contributed by atoms with Crippen molar-refractivity contribution in [1.82, 2.24) is 19.9 Å². The highest BCUT2D eigenvalue weighted by molar-refractivity contribution is 8.00. The van der Waals surface area contributed by atoms with Crippen molar-refractivity contribution in [2.45, 2.75) is 23.6 Å². The molecule has 0 fully saturated rings. The highest BCUT2D eigenvalue weighted by atomic mass is 32.2. The normalized spacial score (nSPS) is 13.2. The van der Waals surface area contributed by atoms with Gasteiger partial charge in [0, 0.05) is 11.9 Å². The van der Waals surface area contributed by atoms with Crippen LogP contribution in [0.5, 0.6) is 0 Å². The summed E-state index contributed by atoms with van der Waals surface area (Å²) in [4.78, 5) is 15.3. The van der Waals surface area contributed by atoms with Gasteiger partial charge in [-0.3, -0.25) is 0 Å². The first kappa shape index (κ1) is 10.4. The largest absolute Gasteiger partial charge is 0.396 e. The molecule has 1 atom stereocenters. The average Bonchev–Trinajstić information content (AvgIpc) is 2.67. The summed E-state index contributed by atoms with van der Waals surface area (Å²) < 4.78 is 0. The second-order valence-electron chi connectivity index (χ2n) is 3.22. The summed E-state index contributed by atoms with van der Waals surface area (Å²) in [5.41, 5.74) is 1.55. The lowest BCUT2D eigenvalue weighted by Gasteiger charge is -2.08. The van der Waals surface area contributed by atoms with Gasteiger partial charge in [-0.15, -0.1) is 11.8 Å². The van der Waals surface area contributed by atoms with E-state index < -0.39 is 0 Å². The molecule has 0 saturated heterocycles. The van der Waals surface area contributed by atoms with Crippen LogP contribution in [0.1, 0.15) is 13.3 Å². The van der Waals surface area contributed by atoms with Gasteiger partial charge in [0.25, 0.3) is 0 Å². The van der Waals surface area contributed by atoms with Gasteiger partial charge in [-0.05, 0) is 6.42 Å². The van der Waals surface area contributed by atoms with Crippen LogP contribution in [0.15, 0.2) is 17.7 Å². The quantitative estimate of drug-likeness (QED) is 0.603. The molecule has 0 aliphatic rings.